The van der Waals surface area contributed by atoms with Crippen molar-refractivity contribution < 1.29 is 19.2 Å². The molecule has 2 saturated heterocycles. The highest BCUT2D eigenvalue weighted by atomic mass is 35.5. The molecule has 2 fully saturated rings. The summed E-state index contributed by atoms with van der Waals surface area (Å²) in [6.45, 7) is 10.3. The zero-order chi connectivity index (χ0) is 24.3. The standard InChI is InChI=1S/C24H32BClN4O4/c1-23(2)24(3,4)34-25(33-23)16-7-5-8-17(21(16)26)27-22(32)18-13-20-19(9-6-11-30(20)28-18)29-12-10-15(31)14-29/h5,7-8,13,15,19,31H,6,9-12,14H2,1-4H3,(H,27,32)/t15-,19-/m1/s1. The third-order valence-corrected chi connectivity index (χ3v) is 8.07. The number of aromatic nitrogens is 2. The lowest BCUT2D eigenvalue weighted by atomic mass is 9.79. The smallest absolute Gasteiger partial charge is 0.399 e. The highest BCUT2D eigenvalue weighted by Gasteiger charge is 2.52. The van der Waals surface area contributed by atoms with Crippen molar-refractivity contribution in [3.8, 4) is 0 Å². The quantitative estimate of drug-likeness (QED) is 0.646. The van der Waals surface area contributed by atoms with Gasteiger partial charge in [-0.3, -0.25) is 14.4 Å². The van der Waals surface area contributed by atoms with Crippen molar-refractivity contribution in [1.29, 1.82) is 0 Å². The molecule has 8 nitrogen and oxygen atoms in total. The molecule has 1 aromatic carbocycles. The number of aliphatic hydroxyl groups excluding tert-OH is 1. The van der Waals surface area contributed by atoms with Crippen molar-refractivity contribution >= 4 is 35.8 Å². The number of carbonyl (C=O) groups excluding carboxylic acids is 1. The number of β-amino-alcohol motifs (C(OH)–C–C–N with tert-alkyl or cyclic N) is 1. The summed E-state index contributed by atoms with van der Waals surface area (Å²) in [4.78, 5) is 15.4. The first-order valence-electron chi connectivity index (χ1n) is 12.0. The van der Waals surface area contributed by atoms with E-state index in [-0.39, 0.29) is 18.1 Å². The van der Waals surface area contributed by atoms with E-state index in [9.17, 15) is 9.90 Å². The largest absolute Gasteiger partial charge is 0.496 e. The van der Waals surface area contributed by atoms with Gasteiger partial charge in [-0.1, -0.05) is 23.7 Å². The Morgan fingerprint density at radius 3 is 2.62 bits per heavy atom. The van der Waals surface area contributed by atoms with Crippen molar-refractivity contribution in [2.24, 2.45) is 0 Å². The summed E-state index contributed by atoms with van der Waals surface area (Å²) in [6, 6.07) is 7.49. The van der Waals surface area contributed by atoms with Crippen LogP contribution in [0.25, 0.3) is 0 Å². The van der Waals surface area contributed by atoms with E-state index >= 15 is 0 Å². The highest BCUT2D eigenvalue weighted by Crippen LogP contribution is 2.38. The van der Waals surface area contributed by atoms with E-state index in [1.165, 1.54) is 0 Å². The maximum absolute atomic E-state index is 13.1. The summed E-state index contributed by atoms with van der Waals surface area (Å²) < 4.78 is 14.2. The first-order chi connectivity index (χ1) is 16.1. The first-order valence-corrected chi connectivity index (χ1v) is 12.4. The Kier molecular flexibility index (Phi) is 6.05. The number of fused-ring (bicyclic) bond motifs is 1. The Bertz CT molecular complexity index is 1090. The molecule has 0 unspecified atom stereocenters. The molecule has 3 aliphatic rings. The highest BCUT2D eigenvalue weighted by molar-refractivity contribution is 6.66. The van der Waals surface area contributed by atoms with E-state index in [1.807, 2.05) is 50.6 Å². The third kappa shape index (κ3) is 4.18. The summed E-state index contributed by atoms with van der Waals surface area (Å²) in [6.07, 6.45) is 2.51. The third-order valence-electron chi connectivity index (χ3n) is 7.65. The lowest BCUT2D eigenvalue weighted by Gasteiger charge is -2.32. The second-order valence-corrected chi connectivity index (χ2v) is 10.9. The van der Waals surface area contributed by atoms with Crippen LogP contribution in [0.15, 0.2) is 24.3 Å². The monoisotopic (exact) mass is 486 g/mol. The zero-order valence-corrected chi connectivity index (χ0v) is 20.9. The number of anilines is 1. The summed E-state index contributed by atoms with van der Waals surface area (Å²) in [7, 11) is -0.620. The lowest BCUT2D eigenvalue weighted by molar-refractivity contribution is 0.00578. The van der Waals surface area contributed by atoms with Gasteiger partial charge in [0.15, 0.2) is 5.69 Å². The number of likely N-dealkylation sites (tertiary alicyclic amines) is 1. The van der Waals surface area contributed by atoms with Crippen LogP contribution >= 0.6 is 11.6 Å². The molecule has 5 rings (SSSR count). The molecule has 2 aromatic rings. The summed E-state index contributed by atoms with van der Waals surface area (Å²) >= 11 is 6.70. The number of amides is 1. The van der Waals surface area contributed by atoms with Gasteiger partial charge >= 0.3 is 7.12 Å². The van der Waals surface area contributed by atoms with Crippen molar-refractivity contribution in [2.75, 3.05) is 18.4 Å². The molecule has 0 bridgehead atoms. The molecule has 0 aliphatic carbocycles. The van der Waals surface area contributed by atoms with Gasteiger partial charge in [-0.05, 0) is 59.1 Å². The molecule has 182 valence electrons. The van der Waals surface area contributed by atoms with Gasteiger partial charge in [0, 0.05) is 25.1 Å². The molecule has 1 amide bonds. The summed E-state index contributed by atoms with van der Waals surface area (Å²) in [5.74, 6) is -0.310. The van der Waals surface area contributed by atoms with E-state index in [1.54, 1.807) is 6.07 Å². The van der Waals surface area contributed by atoms with Crippen LogP contribution in [-0.4, -0.2) is 63.2 Å². The molecule has 0 saturated carbocycles. The number of hydrogen-bond acceptors (Lipinski definition) is 6. The second kappa shape index (κ2) is 8.64. The number of hydrogen-bond donors (Lipinski definition) is 2. The molecular weight excluding hydrogens is 455 g/mol. The van der Waals surface area contributed by atoms with Crippen molar-refractivity contribution in [1.82, 2.24) is 14.7 Å². The maximum Gasteiger partial charge on any atom is 0.496 e. The molecule has 3 aliphatic heterocycles. The molecule has 4 heterocycles. The zero-order valence-electron chi connectivity index (χ0n) is 20.2. The van der Waals surface area contributed by atoms with Gasteiger partial charge in [0.1, 0.15) is 0 Å². The van der Waals surface area contributed by atoms with Crippen LogP contribution in [-0.2, 0) is 15.9 Å². The summed E-state index contributed by atoms with van der Waals surface area (Å²) in [5, 5.41) is 17.9. The van der Waals surface area contributed by atoms with Gasteiger partial charge in [-0.2, -0.15) is 5.10 Å². The van der Waals surface area contributed by atoms with Crippen molar-refractivity contribution in [3.63, 3.8) is 0 Å². The Balaban J connectivity index is 1.35. The van der Waals surface area contributed by atoms with E-state index in [0.29, 0.717) is 28.4 Å². The van der Waals surface area contributed by atoms with E-state index in [2.05, 4.69) is 15.3 Å². The molecule has 0 radical (unpaired) electrons. The number of halogens is 1. The van der Waals surface area contributed by atoms with Gasteiger partial charge in [-0.25, -0.2) is 0 Å². The fraction of sp³-hybridized carbons (Fsp3) is 0.583. The van der Waals surface area contributed by atoms with Gasteiger partial charge in [-0.15, -0.1) is 0 Å². The predicted molar refractivity (Wildman–Crippen MR) is 132 cm³/mol. The van der Waals surface area contributed by atoms with E-state index in [4.69, 9.17) is 20.9 Å². The molecule has 1 aromatic heterocycles. The number of rotatable bonds is 4. The number of benzene rings is 1. The molecule has 10 heteroatoms. The first kappa shape index (κ1) is 23.8. The topological polar surface area (TPSA) is 88.9 Å². The minimum absolute atomic E-state index is 0.176. The average Bonchev–Trinajstić information content (AvgIpc) is 3.45. The van der Waals surface area contributed by atoms with E-state index in [0.717, 1.165) is 38.0 Å². The molecular formula is C24H32BClN4O4. The number of nitrogens with one attached hydrogen (secondary N) is 1. The minimum Gasteiger partial charge on any atom is -0.399 e. The predicted octanol–water partition coefficient (Wildman–Crippen LogP) is 2.99. The van der Waals surface area contributed by atoms with Crippen LogP contribution < -0.4 is 10.8 Å². The summed E-state index contributed by atoms with van der Waals surface area (Å²) in [5.41, 5.74) is 1.58. The molecule has 2 N–H and O–H groups in total. The van der Waals surface area contributed by atoms with Crippen LogP contribution in [0.2, 0.25) is 5.02 Å². The van der Waals surface area contributed by atoms with Gasteiger partial charge in [0.05, 0.1) is 39.8 Å². The lowest BCUT2D eigenvalue weighted by Crippen LogP contribution is -2.41. The number of nitrogens with zero attached hydrogens (tertiary/aromatic N) is 3. The van der Waals surface area contributed by atoms with Crippen LogP contribution in [0.4, 0.5) is 5.69 Å². The Labute approximate surface area is 205 Å². The van der Waals surface area contributed by atoms with Gasteiger partial charge < -0.3 is 19.7 Å². The maximum atomic E-state index is 13.1. The normalized spacial score (nSPS) is 26.0. The van der Waals surface area contributed by atoms with Crippen molar-refractivity contribution in [2.45, 2.75) is 76.9 Å². The van der Waals surface area contributed by atoms with E-state index < -0.39 is 18.3 Å². The average molecular weight is 487 g/mol. The molecule has 34 heavy (non-hydrogen) atoms. The van der Waals surface area contributed by atoms with Crippen LogP contribution in [0.1, 0.15) is 69.2 Å². The fourth-order valence-corrected chi connectivity index (χ4v) is 5.24. The molecule has 2 atom stereocenters. The van der Waals surface area contributed by atoms with Crippen LogP contribution in [0.5, 0.6) is 0 Å². The Morgan fingerprint density at radius 2 is 1.94 bits per heavy atom. The fourth-order valence-electron chi connectivity index (χ4n) is 4.98. The SMILES string of the molecule is CC1(C)OB(c2cccc(NC(=O)c3cc4n(n3)CCC[C@H]4N3CC[C@@H](O)C3)c2Cl)OC1(C)C. The van der Waals surface area contributed by atoms with Crippen LogP contribution in [0, 0.1) is 0 Å². The number of carbonyl (C=O) groups is 1. The minimum atomic E-state index is -0.620. The van der Waals surface area contributed by atoms with Crippen molar-refractivity contribution in [3.05, 3.63) is 40.7 Å². The number of aryl methyl sites for hydroxylation is 1. The van der Waals surface area contributed by atoms with Crippen LogP contribution in [0.3, 0.4) is 0 Å². The number of aliphatic hydroxyl groups is 1. The van der Waals surface area contributed by atoms with Gasteiger partial charge in [0.2, 0.25) is 0 Å². The Hall–Kier alpha value is -1.91. The molecule has 0 spiro atoms. The second-order valence-electron chi connectivity index (χ2n) is 10.5. The Morgan fingerprint density at radius 1 is 1.21 bits per heavy atom. The van der Waals surface area contributed by atoms with Gasteiger partial charge in [0.25, 0.3) is 5.91 Å².